The Morgan fingerprint density at radius 1 is 1.20 bits per heavy atom. The number of amides is 2. The van der Waals surface area contributed by atoms with Gasteiger partial charge >= 0.3 is 6.03 Å². The Hall–Kier alpha value is -2.23. The van der Waals surface area contributed by atoms with Crippen molar-refractivity contribution >= 4 is 11.7 Å². The molecule has 0 radical (unpaired) electrons. The fourth-order valence-electron chi connectivity index (χ4n) is 1.89. The van der Waals surface area contributed by atoms with Crippen molar-refractivity contribution in [3.05, 3.63) is 54.0 Å². The van der Waals surface area contributed by atoms with Crippen LogP contribution in [-0.4, -0.2) is 6.03 Å². The number of unbranched alkanes of at least 4 members (excludes halogenated alkanes) is 1. The molecule has 0 aliphatic heterocycles. The molecule has 0 unspecified atom stereocenters. The Kier molecular flexibility index (Phi) is 5.24. The molecule has 1 aromatic carbocycles. The van der Waals surface area contributed by atoms with Crippen LogP contribution in [0.25, 0.3) is 0 Å². The van der Waals surface area contributed by atoms with Crippen molar-refractivity contribution in [2.45, 2.75) is 32.7 Å². The van der Waals surface area contributed by atoms with Crippen LogP contribution in [0.3, 0.4) is 0 Å². The maximum atomic E-state index is 11.7. The van der Waals surface area contributed by atoms with Gasteiger partial charge in [-0.15, -0.1) is 0 Å². The van der Waals surface area contributed by atoms with Crippen LogP contribution in [0.4, 0.5) is 10.5 Å². The smallest absolute Gasteiger partial charge is 0.319 e. The zero-order chi connectivity index (χ0) is 14.2. The summed E-state index contributed by atoms with van der Waals surface area (Å²) in [5, 5.41) is 5.53. The lowest BCUT2D eigenvalue weighted by molar-refractivity contribution is 0.251. The molecule has 0 aliphatic rings. The molecule has 2 amide bonds. The highest BCUT2D eigenvalue weighted by molar-refractivity contribution is 5.89. The highest BCUT2D eigenvalue weighted by Gasteiger charge is 2.03. The number of urea groups is 1. The standard InChI is InChI=1S/C16H20N2O2/c1-2-3-5-13-7-9-14(10-8-13)18-16(19)17-12-15-6-4-11-20-15/h4,6-11H,2-3,5,12H2,1H3,(H2,17,18,19). The summed E-state index contributed by atoms with van der Waals surface area (Å²) in [4.78, 5) is 11.7. The van der Waals surface area contributed by atoms with Gasteiger partial charge in [0.25, 0.3) is 0 Å². The number of benzene rings is 1. The number of hydrogen-bond acceptors (Lipinski definition) is 2. The van der Waals surface area contributed by atoms with E-state index in [1.54, 1.807) is 12.3 Å². The van der Waals surface area contributed by atoms with Gasteiger partial charge in [-0.1, -0.05) is 25.5 Å². The van der Waals surface area contributed by atoms with Gasteiger partial charge in [-0.3, -0.25) is 0 Å². The van der Waals surface area contributed by atoms with Crippen LogP contribution in [0.2, 0.25) is 0 Å². The molecular formula is C16H20N2O2. The second-order valence-electron chi connectivity index (χ2n) is 4.69. The van der Waals surface area contributed by atoms with E-state index in [1.165, 1.54) is 18.4 Å². The zero-order valence-electron chi connectivity index (χ0n) is 11.7. The summed E-state index contributed by atoms with van der Waals surface area (Å²) < 4.78 is 5.14. The molecule has 4 heteroatoms. The first-order valence-electron chi connectivity index (χ1n) is 6.94. The molecular weight excluding hydrogens is 252 g/mol. The van der Waals surface area contributed by atoms with Crippen molar-refractivity contribution in [3.8, 4) is 0 Å². The summed E-state index contributed by atoms with van der Waals surface area (Å²) in [6, 6.07) is 11.3. The first-order valence-corrected chi connectivity index (χ1v) is 6.94. The fourth-order valence-corrected chi connectivity index (χ4v) is 1.89. The minimum absolute atomic E-state index is 0.234. The molecule has 2 aromatic rings. The SMILES string of the molecule is CCCCc1ccc(NC(=O)NCc2ccco2)cc1. The number of nitrogens with one attached hydrogen (secondary N) is 2. The van der Waals surface area contributed by atoms with E-state index >= 15 is 0 Å². The second kappa shape index (κ2) is 7.38. The van der Waals surface area contributed by atoms with Crippen molar-refractivity contribution in [2.24, 2.45) is 0 Å². The number of anilines is 1. The first-order chi connectivity index (χ1) is 9.78. The Morgan fingerprint density at radius 2 is 2.00 bits per heavy atom. The van der Waals surface area contributed by atoms with E-state index in [4.69, 9.17) is 4.42 Å². The monoisotopic (exact) mass is 272 g/mol. The number of furan rings is 1. The maximum absolute atomic E-state index is 11.7. The van der Waals surface area contributed by atoms with Gasteiger partial charge in [0.1, 0.15) is 5.76 Å². The molecule has 106 valence electrons. The van der Waals surface area contributed by atoms with E-state index < -0.39 is 0 Å². The van der Waals surface area contributed by atoms with Gasteiger partial charge in [-0.2, -0.15) is 0 Å². The average Bonchev–Trinajstić information content (AvgIpc) is 2.98. The average molecular weight is 272 g/mol. The summed E-state index contributed by atoms with van der Waals surface area (Å²) >= 11 is 0. The van der Waals surface area contributed by atoms with Crippen LogP contribution >= 0.6 is 0 Å². The molecule has 4 nitrogen and oxygen atoms in total. The number of aryl methyl sites for hydroxylation is 1. The zero-order valence-corrected chi connectivity index (χ0v) is 11.7. The van der Waals surface area contributed by atoms with Crippen LogP contribution in [0.5, 0.6) is 0 Å². The largest absolute Gasteiger partial charge is 0.467 e. The molecule has 0 bridgehead atoms. The van der Waals surface area contributed by atoms with Gasteiger partial charge in [0, 0.05) is 5.69 Å². The minimum atomic E-state index is -0.234. The molecule has 2 rings (SSSR count). The van der Waals surface area contributed by atoms with E-state index in [0.29, 0.717) is 6.54 Å². The Morgan fingerprint density at radius 3 is 2.65 bits per heavy atom. The minimum Gasteiger partial charge on any atom is -0.467 e. The van der Waals surface area contributed by atoms with Crippen molar-refractivity contribution in [2.75, 3.05) is 5.32 Å². The van der Waals surface area contributed by atoms with Crippen molar-refractivity contribution in [1.29, 1.82) is 0 Å². The van der Waals surface area contributed by atoms with E-state index in [2.05, 4.69) is 29.7 Å². The molecule has 0 spiro atoms. The quantitative estimate of drug-likeness (QED) is 0.836. The molecule has 2 N–H and O–H groups in total. The molecule has 0 saturated carbocycles. The fraction of sp³-hybridized carbons (Fsp3) is 0.312. The summed E-state index contributed by atoms with van der Waals surface area (Å²) in [5.74, 6) is 0.732. The summed E-state index contributed by atoms with van der Waals surface area (Å²) in [6.45, 7) is 2.56. The maximum Gasteiger partial charge on any atom is 0.319 e. The van der Waals surface area contributed by atoms with Crippen LogP contribution in [0, 0.1) is 0 Å². The van der Waals surface area contributed by atoms with Crippen LogP contribution in [-0.2, 0) is 13.0 Å². The molecule has 0 atom stereocenters. The van der Waals surface area contributed by atoms with Crippen LogP contribution in [0.1, 0.15) is 31.1 Å². The molecule has 0 saturated heterocycles. The molecule has 0 fully saturated rings. The third kappa shape index (κ3) is 4.46. The van der Waals surface area contributed by atoms with Gasteiger partial charge in [0.2, 0.25) is 0 Å². The first kappa shape index (κ1) is 14.2. The van der Waals surface area contributed by atoms with E-state index in [-0.39, 0.29) is 6.03 Å². The Balaban J connectivity index is 1.78. The van der Waals surface area contributed by atoms with Crippen molar-refractivity contribution < 1.29 is 9.21 Å². The van der Waals surface area contributed by atoms with Crippen LogP contribution in [0.15, 0.2) is 47.1 Å². The van der Waals surface area contributed by atoms with Gasteiger partial charge in [0.05, 0.1) is 12.8 Å². The summed E-state index contributed by atoms with van der Waals surface area (Å²) in [7, 11) is 0. The van der Waals surface area contributed by atoms with E-state index in [1.807, 2.05) is 18.2 Å². The number of rotatable bonds is 6. The van der Waals surface area contributed by atoms with Gasteiger partial charge in [0.15, 0.2) is 0 Å². The molecule has 20 heavy (non-hydrogen) atoms. The summed E-state index contributed by atoms with van der Waals surface area (Å²) in [5.41, 5.74) is 2.09. The van der Waals surface area contributed by atoms with E-state index in [0.717, 1.165) is 17.9 Å². The number of carbonyl (C=O) groups excluding carboxylic acids is 1. The highest BCUT2D eigenvalue weighted by atomic mass is 16.3. The third-order valence-electron chi connectivity index (χ3n) is 3.03. The molecule has 1 aromatic heterocycles. The molecule has 0 aliphatic carbocycles. The number of hydrogen-bond donors (Lipinski definition) is 2. The van der Waals surface area contributed by atoms with E-state index in [9.17, 15) is 4.79 Å². The topological polar surface area (TPSA) is 54.3 Å². The van der Waals surface area contributed by atoms with Crippen molar-refractivity contribution in [3.63, 3.8) is 0 Å². The normalized spacial score (nSPS) is 10.2. The Labute approximate surface area is 119 Å². The van der Waals surface area contributed by atoms with Gasteiger partial charge < -0.3 is 15.1 Å². The second-order valence-corrected chi connectivity index (χ2v) is 4.69. The lowest BCUT2D eigenvalue weighted by atomic mass is 10.1. The Bertz CT molecular complexity index is 518. The lowest BCUT2D eigenvalue weighted by Crippen LogP contribution is -2.27. The molecule has 1 heterocycles. The van der Waals surface area contributed by atoms with Gasteiger partial charge in [-0.05, 0) is 42.7 Å². The van der Waals surface area contributed by atoms with Gasteiger partial charge in [-0.25, -0.2) is 4.79 Å². The predicted molar refractivity (Wildman–Crippen MR) is 79.6 cm³/mol. The van der Waals surface area contributed by atoms with Crippen molar-refractivity contribution in [1.82, 2.24) is 5.32 Å². The predicted octanol–water partition coefficient (Wildman–Crippen LogP) is 3.94. The van der Waals surface area contributed by atoms with Crippen LogP contribution < -0.4 is 10.6 Å². The lowest BCUT2D eigenvalue weighted by Gasteiger charge is -2.07. The summed E-state index contributed by atoms with van der Waals surface area (Å²) in [6.07, 6.45) is 5.05. The highest BCUT2D eigenvalue weighted by Crippen LogP contribution is 2.11. The number of carbonyl (C=O) groups is 1. The third-order valence-corrected chi connectivity index (χ3v) is 3.03.